The van der Waals surface area contributed by atoms with Crippen LogP contribution < -0.4 is 10.1 Å². The number of nitro benzene ring substituents is 1. The quantitative estimate of drug-likeness (QED) is 0.180. The van der Waals surface area contributed by atoms with Crippen LogP contribution in [0.2, 0.25) is 5.02 Å². The minimum atomic E-state index is -4.56. The van der Waals surface area contributed by atoms with Gasteiger partial charge in [0, 0.05) is 42.4 Å². The van der Waals surface area contributed by atoms with Crippen molar-refractivity contribution in [3.8, 4) is 17.3 Å². The zero-order chi connectivity index (χ0) is 33.2. The van der Waals surface area contributed by atoms with Crippen LogP contribution in [0.25, 0.3) is 5.69 Å². The number of carbonyl (C=O) groups excluding carboxylic acids is 1. The summed E-state index contributed by atoms with van der Waals surface area (Å²) in [4.78, 5) is 23.7. The fourth-order valence-electron chi connectivity index (χ4n) is 4.65. The van der Waals surface area contributed by atoms with Crippen LogP contribution in [0.5, 0.6) is 11.6 Å². The summed E-state index contributed by atoms with van der Waals surface area (Å²) in [6, 6.07) is 13.9. The molecule has 5 rings (SSSR count). The average molecular weight is 680 g/mol. The number of rotatable bonds is 9. The van der Waals surface area contributed by atoms with Crippen LogP contribution in [0.4, 0.5) is 18.9 Å². The van der Waals surface area contributed by atoms with E-state index >= 15 is 0 Å². The Labute approximate surface area is 265 Å². The van der Waals surface area contributed by atoms with Crippen molar-refractivity contribution in [2.24, 2.45) is 0 Å². The van der Waals surface area contributed by atoms with E-state index in [1.165, 1.54) is 29.8 Å². The van der Waals surface area contributed by atoms with Crippen molar-refractivity contribution < 1.29 is 40.8 Å². The fraction of sp³-hybridized carbons (Fsp3) is 0.241. The summed E-state index contributed by atoms with van der Waals surface area (Å²) in [5, 5.41) is 18.8. The van der Waals surface area contributed by atoms with Crippen molar-refractivity contribution in [2.45, 2.75) is 24.5 Å². The highest BCUT2D eigenvalue weighted by atomic mass is 35.5. The molecule has 1 N–H and O–H groups in total. The van der Waals surface area contributed by atoms with E-state index in [2.05, 4.69) is 10.4 Å². The van der Waals surface area contributed by atoms with Gasteiger partial charge in [0.15, 0.2) is 5.69 Å². The van der Waals surface area contributed by atoms with E-state index in [0.717, 1.165) is 34.6 Å². The van der Waals surface area contributed by atoms with Crippen molar-refractivity contribution in [1.29, 1.82) is 0 Å². The summed E-state index contributed by atoms with van der Waals surface area (Å²) in [6.45, 7) is 1.50. The molecule has 1 amide bonds. The first-order valence-corrected chi connectivity index (χ1v) is 15.4. The number of nitrogens with one attached hydrogen (secondary N) is 1. The summed E-state index contributed by atoms with van der Waals surface area (Å²) in [7, 11) is -4.31. The van der Waals surface area contributed by atoms with Gasteiger partial charge in [-0.25, -0.2) is 8.42 Å². The molecule has 46 heavy (non-hydrogen) atoms. The van der Waals surface area contributed by atoms with Crippen LogP contribution in [0.3, 0.4) is 0 Å². The number of non-ortho nitro benzene ring substituents is 1. The maximum absolute atomic E-state index is 13.7. The van der Waals surface area contributed by atoms with Crippen molar-refractivity contribution >= 4 is 33.2 Å². The van der Waals surface area contributed by atoms with Gasteiger partial charge in [0.2, 0.25) is 15.9 Å². The molecule has 0 radical (unpaired) electrons. The number of nitro groups is 1. The van der Waals surface area contributed by atoms with E-state index in [1.807, 2.05) is 0 Å². The molecule has 4 aromatic rings. The predicted molar refractivity (Wildman–Crippen MR) is 159 cm³/mol. The lowest BCUT2D eigenvalue weighted by molar-refractivity contribution is -0.385. The van der Waals surface area contributed by atoms with E-state index in [9.17, 15) is 36.5 Å². The van der Waals surface area contributed by atoms with Gasteiger partial charge in [-0.05, 0) is 48.9 Å². The number of ether oxygens (including phenoxy) is 2. The molecule has 1 saturated heterocycles. The number of morpholine rings is 1. The van der Waals surface area contributed by atoms with Gasteiger partial charge in [0.25, 0.3) is 11.6 Å². The minimum absolute atomic E-state index is 0.0140. The number of nitrogens with zero attached hydrogens (tertiary/aromatic N) is 4. The first-order chi connectivity index (χ1) is 21.8. The number of aromatic nitrogens is 2. The molecule has 242 valence electrons. The topological polar surface area (TPSA) is 146 Å². The molecule has 0 unspecified atom stereocenters. The monoisotopic (exact) mass is 679 g/mol. The Morgan fingerprint density at radius 2 is 1.83 bits per heavy atom. The summed E-state index contributed by atoms with van der Waals surface area (Å²) >= 11 is 6.20. The van der Waals surface area contributed by atoms with Crippen LogP contribution in [0, 0.1) is 17.0 Å². The molecule has 0 aliphatic carbocycles. The molecule has 0 spiro atoms. The standard InChI is InChI=1S/C29H25ClF3N5O7S/c1-18-26(27(39)34-17-19-4-2-5-20(14-19)29(31,32)33)35-37(22-7-3-6-21(30)15-22)28(18)45-24-9-8-23(38(40)41)16-25(24)46(42,43)36-10-12-44-13-11-36/h2-9,14-16H,10-13,17H2,1H3,(H,34,39). The molecule has 1 aliphatic rings. The summed E-state index contributed by atoms with van der Waals surface area (Å²) < 4.78 is 80.5. The smallest absolute Gasteiger partial charge is 0.416 e. The van der Waals surface area contributed by atoms with E-state index in [4.69, 9.17) is 21.1 Å². The fourth-order valence-corrected chi connectivity index (χ4v) is 6.38. The molecule has 12 nitrogen and oxygen atoms in total. The van der Waals surface area contributed by atoms with Crippen molar-refractivity contribution in [1.82, 2.24) is 19.4 Å². The van der Waals surface area contributed by atoms with Crippen LogP contribution in [-0.4, -0.2) is 59.6 Å². The Morgan fingerprint density at radius 1 is 1.11 bits per heavy atom. The number of halogens is 4. The van der Waals surface area contributed by atoms with Gasteiger partial charge in [-0.3, -0.25) is 14.9 Å². The van der Waals surface area contributed by atoms with Crippen LogP contribution in [-0.2, 0) is 27.5 Å². The molecule has 0 atom stereocenters. The van der Waals surface area contributed by atoms with Gasteiger partial charge in [-0.1, -0.05) is 29.8 Å². The van der Waals surface area contributed by atoms with Gasteiger partial charge >= 0.3 is 6.18 Å². The Morgan fingerprint density at radius 3 is 2.50 bits per heavy atom. The predicted octanol–water partition coefficient (Wildman–Crippen LogP) is 5.50. The van der Waals surface area contributed by atoms with Crippen LogP contribution in [0.1, 0.15) is 27.2 Å². The van der Waals surface area contributed by atoms with E-state index in [0.29, 0.717) is 10.7 Å². The highest BCUT2D eigenvalue weighted by Crippen LogP contribution is 2.37. The Hall–Kier alpha value is -4.51. The first kappa shape index (κ1) is 32.9. The number of alkyl halides is 3. The second-order valence-electron chi connectivity index (χ2n) is 10.1. The Balaban J connectivity index is 1.55. The largest absolute Gasteiger partial charge is 0.437 e. The first-order valence-electron chi connectivity index (χ1n) is 13.6. The number of sulfonamides is 1. The average Bonchev–Trinajstić information content (AvgIpc) is 3.35. The lowest BCUT2D eigenvalue weighted by atomic mass is 10.1. The second kappa shape index (κ2) is 13.1. The van der Waals surface area contributed by atoms with E-state index in [-0.39, 0.29) is 61.3 Å². The Kier molecular flexibility index (Phi) is 9.34. The van der Waals surface area contributed by atoms with Gasteiger partial charge in [-0.2, -0.15) is 27.3 Å². The minimum Gasteiger partial charge on any atom is -0.437 e. The molecule has 1 aliphatic heterocycles. The molecular formula is C29H25ClF3N5O7S. The molecule has 1 fully saturated rings. The second-order valence-corrected chi connectivity index (χ2v) is 12.4. The number of carbonyl (C=O) groups is 1. The SMILES string of the molecule is Cc1c(C(=O)NCc2cccc(C(F)(F)F)c2)nn(-c2cccc(Cl)c2)c1Oc1ccc([N+](=O)[O-])cc1S(=O)(=O)N1CCOCC1. The Bertz CT molecular complexity index is 1910. The lowest BCUT2D eigenvalue weighted by Crippen LogP contribution is -2.40. The van der Waals surface area contributed by atoms with E-state index < -0.39 is 43.2 Å². The molecule has 3 aromatic carbocycles. The third-order valence-electron chi connectivity index (χ3n) is 6.98. The molecule has 2 heterocycles. The van der Waals surface area contributed by atoms with Crippen LogP contribution >= 0.6 is 11.6 Å². The molecular weight excluding hydrogens is 655 g/mol. The van der Waals surface area contributed by atoms with Crippen molar-refractivity contribution in [3.05, 3.63) is 104 Å². The zero-order valence-corrected chi connectivity index (χ0v) is 25.5. The summed E-state index contributed by atoms with van der Waals surface area (Å²) in [6.07, 6.45) is -4.56. The highest BCUT2D eigenvalue weighted by molar-refractivity contribution is 7.89. The zero-order valence-electron chi connectivity index (χ0n) is 24.0. The van der Waals surface area contributed by atoms with Gasteiger partial charge in [0.1, 0.15) is 10.6 Å². The highest BCUT2D eigenvalue weighted by Gasteiger charge is 2.33. The maximum Gasteiger partial charge on any atom is 0.416 e. The molecule has 1 aromatic heterocycles. The number of hydrogen-bond acceptors (Lipinski definition) is 8. The van der Waals surface area contributed by atoms with Gasteiger partial charge in [-0.15, -0.1) is 0 Å². The van der Waals surface area contributed by atoms with Crippen molar-refractivity contribution in [2.75, 3.05) is 26.3 Å². The van der Waals surface area contributed by atoms with Gasteiger partial charge < -0.3 is 14.8 Å². The number of hydrogen-bond donors (Lipinski definition) is 1. The normalized spacial score (nSPS) is 14.2. The molecule has 17 heteroatoms. The maximum atomic E-state index is 13.7. The van der Waals surface area contributed by atoms with Crippen LogP contribution in [0.15, 0.2) is 71.6 Å². The number of amides is 1. The third-order valence-corrected chi connectivity index (χ3v) is 9.13. The number of benzene rings is 3. The molecule has 0 saturated carbocycles. The van der Waals surface area contributed by atoms with Crippen molar-refractivity contribution in [3.63, 3.8) is 0 Å². The lowest BCUT2D eigenvalue weighted by Gasteiger charge is -2.26. The van der Waals surface area contributed by atoms with E-state index in [1.54, 1.807) is 18.2 Å². The third kappa shape index (κ3) is 6.99. The molecule has 0 bridgehead atoms. The van der Waals surface area contributed by atoms with Gasteiger partial charge in [0.05, 0.1) is 29.4 Å². The summed E-state index contributed by atoms with van der Waals surface area (Å²) in [5.41, 5.74) is -0.898. The summed E-state index contributed by atoms with van der Waals surface area (Å²) in [5.74, 6) is -1.15.